The van der Waals surface area contributed by atoms with Gasteiger partial charge in [-0.25, -0.2) is 0 Å². The fraction of sp³-hybridized carbons (Fsp3) is 0.500. The molecule has 154 valence electrons. The highest BCUT2D eigenvalue weighted by Gasteiger charge is 2.12. The molecule has 3 nitrogen and oxygen atoms in total. The number of piperidine rings is 1. The lowest BCUT2D eigenvalue weighted by molar-refractivity contribution is 0.266. The molecule has 0 aliphatic carbocycles. The molecule has 1 heterocycles. The van der Waals surface area contributed by atoms with Crippen LogP contribution in [0.1, 0.15) is 49.7 Å². The van der Waals surface area contributed by atoms with Gasteiger partial charge in [0.2, 0.25) is 0 Å². The Kier molecular flexibility index (Phi) is 10.2. The van der Waals surface area contributed by atoms with Gasteiger partial charge in [-0.2, -0.15) is 0 Å². The molecular formula is C24H34ClNO2. The highest BCUT2D eigenvalue weighted by Crippen LogP contribution is 2.22. The highest BCUT2D eigenvalue weighted by molar-refractivity contribution is 5.85. The topological polar surface area (TPSA) is 30.5 Å². The minimum atomic E-state index is 0. The predicted octanol–water partition coefficient (Wildman–Crippen LogP) is 5.59. The predicted molar refractivity (Wildman–Crippen MR) is 119 cm³/mol. The summed E-state index contributed by atoms with van der Waals surface area (Å²) in [7, 11) is 1.72. The lowest BCUT2D eigenvalue weighted by Crippen LogP contribution is -2.35. The monoisotopic (exact) mass is 403 g/mol. The normalized spacial score (nSPS) is 16.2. The van der Waals surface area contributed by atoms with Gasteiger partial charge in [0.1, 0.15) is 11.5 Å². The zero-order valence-corrected chi connectivity index (χ0v) is 17.8. The second-order valence-corrected chi connectivity index (χ2v) is 7.45. The summed E-state index contributed by atoms with van der Waals surface area (Å²) in [5.41, 5.74) is 2.68. The molecule has 0 saturated carbocycles. The summed E-state index contributed by atoms with van der Waals surface area (Å²) >= 11 is 0. The summed E-state index contributed by atoms with van der Waals surface area (Å²) in [6.07, 6.45) is 9.56. The number of halogens is 1. The van der Waals surface area contributed by atoms with Crippen molar-refractivity contribution in [2.45, 2.75) is 57.4 Å². The largest absolute Gasteiger partial charge is 0.497 e. The van der Waals surface area contributed by atoms with Gasteiger partial charge >= 0.3 is 0 Å². The van der Waals surface area contributed by atoms with Crippen LogP contribution in [0.3, 0.4) is 0 Å². The van der Waals surface area contributed by atoms with Gasteiger partial charge in [0.25, 0.3) is 0 Å². The van der Waals surface area contributed by atoms with Gasteiger partial charge in [-0.15, -0.1) is 12.4 Å². The molecule has 4 heteroatoms. The van der Waals surface area contributed by atoms with E-state index in [1.165, 1.54) is 43.2 Å². The average Bonchev–Trinajstić information content (AvgIpc) is 2.73. The van der Waals surface area contributed by atoms with Gasteiger partial charge in [-0.05, 0) is 80.8 Å². The zero-order valence-electron chi connectivity index (χ0n) is 17.0. The summed E-state index contributed by atoms with van der Waals surface area (Å²) in [6, 6.07) is 17.5. The fourth-order valence-corrected chi connectivity index (χ4v) is 3.81. The molecule has 1 fully saturated rings. The van der Waals surface area contributed by atoms with E-state index >= 15 is 0 Å². The molecule has 1 aliphatic rings. The van der Waals surface area contributed by atoms with E-state index in [0.29, 0.717) is 6.04 Å². The molecule has 2 aromatic rings. The number of hydrogen-bond donors (Lipinski definition) is 1. The molecule has 0 aromatic heterocycles. The summed E-state index contributed by atoms with van der Waals surface area (Å²) in [6.45, 7) is 1.97. The molecule has 1 atom stereocenters. The second-order valence-electron chi connectivity index (χ2n) is 7.45. The number of nitrogens with one attached hydrogen (secondary N) is 1. The maximum absolute atomic E-state index is 6.13. The van der Waals surface area contributed by atoms with Crippen molar-refractivity contribution < 1.29 is 9.47 Å². The van der Waals surface area contributed by atoms with E-state index in [2.05, 4.69) is 47.8 Å². The summed E-state index contributed by atoms with van der Waals surface area (Å²) in [4.78, 5) is 0. The van der Waals surface area contributed by atoms with Crippen LogP contribution < -0.4 is 14.8 Å². The number of benzene rings is 2. The first-order valence-corrected chi connectivity index (χ1v) is 10.4. The van der Waals surface area contributed by atoms with E-state index in [9.17, 15) is 0 Å². The van der Waals surface area contributed by atoms with Crippen LogP contribution in [-0.4, -0.2) is 26.3 Å². The van der Waals surface area contributed by atoms with Crippen molar-refractivity contribution >= 4 is 12.4 Å². The molecule has 0 spiro atoms. The maximum Gasteiger partial charge on any atom is 0.122 e. The Morgan fingerprint density at radius 1 is 1.00 bits per heavy atom. The van der Waals surface area contributed by atoms with Gasteiger partial charge in [-0.1, -0.05) is 36.8 Å². The summed E-state index contributed by atoms with van der Waals surface area (Å²) < 4.78 is 11.4. The molecule has 1 aliphatic heterocycles. The summed E-state index contributed by atoms with van der Waals surface area (Å²) in [5, 5.41) is 3.60. The van der Waals surface area contributed by atoms with Crippen LogP contribution >= 0.6 is 12.4 Å². The van der Waals surface area contributed by atoms with E-state index in [1.54, 1.807) is 7.11 Å². The molecule has 0 radical (unpaired) electrons. The standard InChI is InChI=1S/C24H33NO2.ClH/c1-26-23-14-8-10-20(19-23)9-2-3-11-21-12-4-5-15-24(21)27-18-16-22-13-6-7-17-25-22;/h4-5,8,10,12,14-15,19,22,25H,2-3,6-7,9,11,13,16-18H2,1H3;1H. The molecular weight excluding hydrogens is 370 g/mol. The molecule has 0 bridgehead atoms. The molecule has 2 aromatic carbocycles. The SMILES string of the molecule is COc1cccc(CCCCc2ccccc2OCCC2CCCCN2)c1.Cl. The number of rotatable bonds is 10. The third kappa shape index (κ3) is 7.37. The van der Waals surface area contributed by atoms with Gasteiger partial charge in [-0.3, -0.25) is 0 Å². The molecule has 1 N–H and O–H groups in total. The Balaban J connectivity index is 0.00000280. The van der Waals surface area contributed by atoms with Crippen molar-refractivity contribution in [1.82, 2.24) is 5.32 Å². The molecule has 28 heavy (non-hydrogen) atoms. The van der Waals surface area contributed by atoms with Crippen molar-refractivity contribution in [3.8, 4) is 11.5 Å². The summed E-state index contributed by atoms with van der Waals surface area (Å²) in [5.74, 6) is 2.01. The number of ether oxygens (including phenoxy) is 2. The van der Waals surface area contributed by atoms with Crippen LogP contribution in [0.25, 0.3) is 0 Å². The number of unbranched alkanes of at least 4 members (excludes halogenated alkanes) is 1. The Bertz CT molecular complexity index is 686. The minimum Gasteiger partial charge on any atom is -0.497 e. The maximum atomic E-state index is 6.13. The molecule has 0 amide bonds. The van der Waals surface area contributed by atoms with Gasteiger partial charge in [0, 0.05) is 6.04 Å². The zero-order chi connectivity index (χ0) is 18.7. The van der Waals surface area contributed by atoms with E-state index < -0.39 is 0 Å². The number of methoxy groups -OCH3 is 1. The Hall–Kier alpha value is -1.71. The molecule has 3 rings (SSSR count). The van der Waals surface area contributed by atoms with Crippen LogP contribution in [-0.2, 0) is 12.8 Å². The van der Waals surface area contributed by atoms with E-state index in [1.807, 2.05) is 6.07 Å². The lowest BCUT2D eigenvalue weighted by atomic mass is 10.0. The average molecular weight is 404 g/mol. The third-order valence-corrected chi connectivity index (χ3v) is 5.40. The Morgan fingerprint density at radius 3 is 2.68 bits per heavy atom. The number of hydrogen-bond acceptors (Lipinski definition) is 3. The van der Waals surface area contributed by atoms with Crippen LogP contribution in [0, 0.1) is 0 Å². The van der Waals surface area contributed by atoms with Gasteiger partial charge in [0.15, 0.2) is 0 Å². The van der Waals surface area contributed by atoms with Crippen molar-refractivity contribution in [3.05, 3.63) is 59.7 Å². The van der Waals surface area contributed by atoms with E-state index in [-0.39, 0.29) is 12.4 Å². The molecule has 1 saturated heterocycles. The highest BCUT2D eigenvalue weighted by atomic mass is 35.5. The first kappa shape index (κ1) is 22.6. The fourth-order valence-electron chi connectivity index (χ4n) is 3.81. The first-order chi connectivity index (χ1) is 13.3. The van der Waals surface area contributed by atoms with Crippen molar-refractivity contribution in [2.75, 3.05) is 20.3 Å². The first-order valence-electron chi connectivity index (χ1n) is 10.4. The second kappa shape index (κ2) is 12.7. The minimum absolute atomic E-state index is 0. The third-order valence-electron chi connectivity index (χ3n) is 5.40. The van der Waals surface area contributed by atoms with Crippen molar-refractivity contribution in [2.24, 2.45) is 0 Å². The van der Waals surface area contributed by atoms with E-state index in [0.717, 1.165) is 43.9 Å². The van der Waals surface area contributed by atoms with Crippen LogP contribution in [0.5, 0.6) is 11.5 Å². The molecule has 1 unspecified atom stereocenters. The smallest absolute Gasteiger partial charge is 0.122 e. The Morgan fingerprint density at radius 2 is 1.86 bits per heavy atom. The van der Waals surface area contributed by atoms with Crippen molar-refractivity contribution in [1.29, 1.82) is 0 Å². The van der Waals surface area contributed by atoms with Crippen LogP contribution in [0.2, 0.25) is 0 Å². The Labute approximate surface area is 176 Å². The van der Waals surface area contributed by atoms with Gasteiger partial charge in [0.05, 0.1) is 13.7 Å². The number of para-hydroxylation sites is 1. The van der Waals surface area contributed by atoms with E-state index in [4.69, 9.17) is 9.47 Å². The van der Waals surface area contributed by atoms with Crippen LogP contribution in [0.4, 0.5) is 0 Å². The van der Waals surface area contributed by atoms with Crippen molar-refractivity contribution in [3.63, 3.8) is 0 Å². The number of aryl methyl sites for hydroxylation is 2. The van der Waals surface area contributed by atoms with Gasteiger partial charge < -0.3 is 14.8 Å². The van der Waals surface area contributed by atoms with Crippen LogP contribution in [0.15, 0.2) is 48.5 Å². The quantitative estimate of drug-likeness (QED) is 0.524. The lowest BCUT2D eigenvalue weighted by Gasteiger charge is -2.23.